The van der Waals surface area contributed by atoms with Crippen molar-refractivity contribution in [2.24, 2.45) is 17.8 Å². The summed E-state index contributed by atoms with van der Waals surface area (Å²) in [5, 5.41) is 0. The summed E-state index contributed by atoms with van der Waals surface area (Å²) in [6, 6.07) is 2.37. The van der Waals surface area contributed by atoms with Gasteiger partial charge in [-0.15, -0.1) is 0 Å². The predicted molar refractivity (Wildman–Crippen MR) is 111 cm³/mol. The van der Waals surface area contributed by atoms with Gasteiger partial charge in [0.1, 0.15) is 17.2 Å². The van der Waals surface area contributed by atoms with E-state index in [2.05, 4.69) is 4.98 Å². The lowest BCUT2D eigenvalue weighted by Gasteiger charge is -2.26. The first-order valence-corrected chi connectivity index (χ1v) is 10.7. The topological polar surface area (TPSA) is 63.9 Å². The van der Waals surface area contributed by atoms with Crippen LogP contribution in [0, 0.1) is 17.8 Å². The van der Waals surface area contributed by atoms with E-state index in [4.69, 9.17) is 4.74 Å². The number of carbonyl (C=O) groups excluding carboxylic acids is 2. The van der Waals surface area contributed by atoms with Gasteiger partial charge in [-0.25, -0.2) is 9.78 Å². The highest BCUT2D eigenvalue weighted by Gasteiger charge is 2.60. The van der Waals surface area contributed by atoms with Crippen LogP contribution in [0.15, 0.2) is 24.5 Å². The minimum absolute atomic E-state index is 0.0215. The number of hydrogen-bond acceptors (Lipinski definition) is 4. The molecule has 0 radical (unpaired) electrons. The van der Waals surface area contributed by atoms with Crippen LogP contribution in [-0.4, -0.2) is 44.9 Å². The number of fused-ring (bicyclic) bond motifs is 2. The molecule has 3 heterocycles. The number of Topliss-reactive ketones (excluding diaryl/α,β-unsaturated/α-hetero) is 1. The van der Waals surface area contributed by atoms with E-state index in [-0.39, 0.29) is 41.6 Å². The van der Waals surface area contributed by atoms with Gasteiger partial charge >= 0.3 is 12.3 Å². The maximum Gasteiger partial charge on any atom is 0.418 e. The van der Waals surface area contributed by atoms with Crippen LogP contribution in [0.25, 0.3) is 5.52 Å². The van der Waals surface area contributed by atoms with Crippen LogP contribution in [0.3, 0.4) is 0 Å². The number of likely N-dealkylation sites (tertiary alicyclic amines) is 1. The summed E-state index contributed by atoms with van der Waals surface area (Å²) in [6.45, 7) is 10.1. The van der Waals surface area contributed by atoms with Crippen LogP contribution in [0.1, 0.15) is 52.4 Å². The smallest absolute Gasteiger partial charge is 0.418 e. The quantitative estimate of drug-likeness (QED) is 0.676. The van der Waals surface area contributed by atoms with Gasteiger partial charge in [-0.05, 0) is 44.7 Å². The molecule has 1 saturated heterocycles. The predicted octanol–water partition coefficient (Wildman–Crippen LogP) is 4.70. The molecular weight excluding hydrogens is 423 g/mol. The van der Waals surface area contributed by atoms with Crippen molar-refractivity contribution in [2.75, 3.05) is 13.1 Å². The molecule has 0 aromatic carbocycles. The fourth-order valence-electron chi connectivity index (χ4n) is 4.87. The number of pyridine rings is 1. The van der Waals surface area contributed by atoms with Gasteiger partial charge in [-0.3, -0.25) is 4.79 Å². The third-order valence-electron chi connectivity index (χ3n) is 6.32. The Morgan fingerprint density at radius 3 is 2.31 bits per heavy atom. The molecule has 0 N–H and O–H groups in total. The Bertz CT molecular complexity index is 1060. The summed E-state index contributed by atoms with van der Waals surface area (Å²) >= 11 is 0. The first-order valence-electron chi connectivity index (χ1n) is 10.7. The Kier molecular flexibility index (Phi) is 5.10. The number of ether oxygens (including phenoxy) is 1. The molecule has 4 rings (SSSR count). The van der Waals surface area contributed by atoms with Crippen molar-refractivity contribution in [3.63, 3.8) is 0 Å². The number of aromatic nitrogens is 2. The van der Waals surface area contributed by atoms with Gasteiger partial charge in [0.05, 0.1) is 17.3 Å². The van der Waals surface area contributed by atoms with Crippen LogP contribution in [-0.2, 0) is 21.1 Å². The Balaban J connectivity index is 1.44. The number of rotatable bonds is 4. The molecule has 32 heavy (non-hydrogen) atoms. The van der Waals surface area contributed by atoms with E-state index >= 15 is 0 Å². The summed E-state index contributed by atoms with van der Waals surface area (Å²) in [4.78, 5) is 31.2. The average molecular weight is 451 g/mol. The van der Waals surface area contributed by atoms with Crippen LogP contribution in [0.5, 0.6) is 0 Å². The van der Waals surface area contributed by atoms with Gasteiger partial charge < -0.3 is 14.0 Å². The number of carbonyl (C=O) groups is 2. The number of nitrogens with zero attached hydrogens (tertiary/aromatic N) is 3. The van der Waals surface area contributed by atoms with Gasteiger partial charge in [0.2, 0.25) is 0 Å². The van der Waals surface area contributed by atoms with E-state index in [9.17, 15) is 22.8 Å². The van der Waals surface area contributed by atoms with Crippen molar-refractivity contribution >= 4 is 17.4 Å². The summed E-state index contributed by atoms with van der Waals surface area (Å²) in [5.74, 6) is 0.620. The van der Waals surface area contributed by atoms with Crippen molar-refractivity contribution < 1.29 is 27.5 Å². The fraction of sp³-hybridized carbons (Fsp3) is 0.609. The van der Waals surface area contributed by atoms with Gasteiger partial charge in [-0.2, -0.15) is 13.2 Å². The van der Waals surface area contributed by atoms with Crippen molar-refractivity contribution in [1.82, 2.24) is 14.3 Å². The van der Waals surface area contributed by atoms with Crippen LogP contribution in [0.2, 0.25) is 0 Å². The van der Waals surface area contributed by atoms with E-state index in [1.54, 1.807) is 11.1 Å². The second-order valence-electron chi connectivity index (χ2n) is 10.5. The Morgan fingerprint density at radius 1 is 1.12 bits per heavy atom. The molecule has 174 valence electrons. The zero-order valence-electron chi connectivity index (χ0n) is 18.9. The van der Waals surface area contributed by atoms with E-state index in [1.807, 2.05) is 34.6 Å². The second-order valence-corrected chi connectivity index (χ2v) is 10.5. The zero-order valence-corrected chi connectivity index (χ0v) is 18.9. The average Bonchev–Trinajstić information content (AvgIpc) is 3.00. The van der Waals surface area contributed by atoms with Crippen molar-refractivity contribution in [3.8, 4) is 0 Å². The molecule has 6 nitrogen and oxygen atoms in total. The molecule has 1 saturated carbocycles. The minimum Gasteiger partial charge on any atom is -0.444 e. The minimum atomic E-state index is -4.48. The van der Waals surface area contributed by atoms with Crippen LogP contribution in [0.4, 0.5) is 18.0 Å². The largest absolute Gasteiger partial charge is 0.444 e. The molecule has 9 heteroatoms. The summed E-state index contributed by atoms with van der Waals surface area (Å²) in [7, 11) is 0. The summed E-state index contributed by atoms with van der Waals surface area (Å²) < 4.78 is 46.8. The molecular formula is C23H28F3N3O3. The molecule has 1 aliphatic carbocycles. The molecule has 1 unspecified atom stereocenters. The molecule has 0 spiro atoms. The zero-order chi connectivity index (χ0) is 23.6. The van der Waals surface area contributed by atoms with Gasteiger partial charge in [0, 0.05) is 37.0 Å². The molecule has 1 amide bonds. The maximum atomic E-state index is 13.3. The summed E-state index contributed by atoms with van der Waals surface area (Å²) in [6.07, 6.45) is -1.91. The molecule has 3 atom stereocenters. The third-order valence-corrected chi connectivity index (χ3v) is 6.32. The maximum absolute atomic E-state index is 13.3. The standard InChI is InChI=1S/C23H28F3N3O3/c1-21(2,3)32-20(31)28-11-13-14(12-28)18(13)17(30)9-22(4,5)19-27-10-16-15(23(24,25)26)7-6-8-29(16)19/h6-8,10,13-14,18H,9,11-12H2,1-5H3/t13-,14+,18?. The number of halogens is 3. The SMILES string of the molecule is CC(C)(C)OC(=O)N1C[C@@H]2C(C(=O)CC(C)(C)c3ncc4c(C(F)(F)F)cccn34)[C@@H]2C1. The van der Waals surface area contributed by atoms with Gasteiger partial charge in [0.15, 0.2) is 0 Å². The Morgan fingerprint density at radius 2 is 1.75 bits per heavy atom. The molecule has 2 fully saturated rings. The van der Waals surface area contributed by atoms with Gasteiger partial charge in [0.25, 0.3) is 0 Å². The highest BCUT2D eigenvalue weighted by Crippen LogP contribution is 2.53. The number of hydrogen-bond donors (Lipinski definition) is 0. The fourth-order valence-corrected chi connectivity index (χ4v) is 4.87. The summed E-state index contributed by atoms with van der Waals surface area (Å²) in [5.41, 5.74) is -2.08. The highest BCUT2D eigenvalue weighted by molar-refractivity contribution is 5.86. The van der Waals surface area contributed by atoms with Crippen LogP contribution >= 0.6 is 0 Å². The number of amides is 1. The van der Waals surface area contributed by atoms with Crippen molar-refractivity contribution in [2.45, 2.75) is 58.2 Å². The lowest BCUT2D eigenvalue weighted by molar-refractivity contribution is -0.136. The first-order chi connectivity index (χ1) is 14.7. The van der Waals surface area contributed by atoms with E-state index in [0.717, 1.165) is 6.07 Å². The Hall–Kier alpha value is -2.58. The monoisotopic (exact) mass is 451 g/mol. The van der Waals surface area contributed by atoms with Crippen molar-refractivity contribution in [3.05, 3.63) is 35.9 Å². The molecule has 2 aromatic heterocycles. The third kappa shape index (κ3) is 4.09. The molecule has 2 aromatic rings. The lowest BCUT2D eigenvalue weighted by Crippen LogP contribution is -2.38. The molecule has 1 aliphatic heterocycles. The lowest BCUT2D eigenvalue weighted by atomic mass is 9.84. The number of ketones is 1. The van der Waals surface area contributed by atoms with Crippen molar-refractivity contribution in [1.29, 1.82) is 0 Å². The van der Waals surface area contributed by atoms with Crippen LogP contribution < -0.4 is 0 Å². The molecule has 2 aliphatic rings. The van der Waals surface area contributed by atoms with E-state index < -0.39 is 22.8 Å². The number of alkyl halides is 3. The molecule has 0 bridgehead atoms. The number of imidazole rings is 1. The highest BCUT2D eigenvalue weighted by atomic mass is 19.4. The van der Waals surface area contributed by atoms with E-state index in [1.165, 1.54) is 16.7 Å². The second kappa shape index (κ2) is 7.22. The Labute approximate surface area is 184 Å². The first kappa shape index (κ1) is 22.6. The normalized spacial score (nSPS) is 23.4. The van der Waals surface area contributed by atoms with E-state index in [0.29, 0.717) is 18.9 Å². The number of piperidine rings is 1. The van der Waals surface area contributed by atoms with Gasteiger partial charge in [-0.1, -0.05) is 13.8 Å².